The lowest BCUT2D eigenvalue weighted by molar-refractivity contribution is -0.118. The summed E-state index contributed by atoms with van der Waals surface area (Å²) in [6.07, 6.45) is 2.85. The molecule has 0 saturated heterocycles. The quantitative estimate of drug-likeness (QED) is 0.735. The lowest BCUT2D eigenvalue weighted by atomic mass is 10.3. The third-order valence-corrected chi connectivity index (χ3v) is 2.25. The molecule has 0 unspecified atom stereocenters. The summed E-state index contributed by atoms with van der Waals surface area (Å²) in [4.78, 5) is 16.9. The van der Waals surface area contributed by atoms with Gasteiger partial charge in [0.15, 0.2) is 0 Å². The van der Waals surface area contributed by atoms with E-state index in [0.29, 0.717) is 6.54 Å². The molecule has 0 bridgehead atoms. The molecular formula is C12H20N4O. The van der Waals surface area contributed by atoms with Crippen LogP contribution in [-0.4, -0.2) is 35.9 Å². The van der Waals surface area contributed by atoms with Crippen molar-refractivity contribution in [2.75, 3.05) is 25.5 Å². The molecule has 0 saturated carbocycles. The first-order valence-electron chi connectivity index (χ1n) is 5.77. The number of nitrogens with two attached hydrogens (primary N) is 1. The van der Waals surface area contributed by atoms with E-state index in [4.69, 9.17) is 5.73 Å². The summed E-state index contributed by atoms with van der Waals surface area (Å²) in [5.74, 6) is -0.326. The molecule has 0 fully saturated rings. The zero-order valence-corrected chi connectivity index (χ0v) is 10.4. The van der Waals surface area contributed by atoms with Gasteiger partial charge in [-0.2, -0.15) is 0 Å². The first-order valence-corrected chi connectivity index (χ1v) is 5.77. The number of likely N-dealkylation sites (N-methyl/N-ethyl adjacent to an activating group) is 1. The fourth-order valence-corrected chi connectivity index (χ4v) is 1.54. The summed E-state index contributed by atoms with van der Waals surface area (Å²) in [5.41, 5.74) is 7.11. The van der Waals surface area contributed by atoms with E-state index < -0.39 is 0 Å². The molecule has 17 heavy (non-hydrogen) atoms. The van der Waals surface area contributed by atoms with Crippen molar-refractivity contribution in [3.63, 3.8) is 0 Å². The summed E-state index contributed by atoms with van der Waals surface area (Å²) in [5, 5.41) is 3.30. The van der Waals surface area contributed by atoms with Crippen molar-refractivity contribution in [3.05, 3.63) is 24.0 Å². The van der Waals surface area contributed by atoms with Crippen molar-refractivity contribution >= 4 is 11.6 Å². The van der Waals surface area contributed by atoms with E-state index in [-0.39, 0.29) is 12.5 Å². The maximum absolute atomic E-state index is 10.8. The van der Waals surface area contributed by atoms with Crippen LogP contribution in [0.2, 0.25) is 0 Å². The number of anilines is 1. The van der Waals surface area contributed by atoms with E-state index in [1.54, 1.807) is 6.20 Å². The van der Waals surface area contributed by atoms with Gasteiger partial charge in [0.2, 0.25) is 5.91 Å². The Morgan fingerprint density at radius 3 is 3.00 bits per heavy atom. The number of primary amides is 1. The summed E-state index contributed by atoms with van der Waals surface area (Å²) < 4.78 is 0. The largest absolute Gasteiger partial charge is 0.385 e. The average molecular weight is 236 g/mol. The highest BCUT2D eigenvalue weighted by Crippen LogP contribution is 2.09. The summed E-state index contributed by atoms with van der Waals surface area (Å²) in [7, 11) is 1.85. The van der Waals surface area contributed by atoms with Crippen LogP contribution in [0.25, 0.3) is 0 Å². The Hall–Kier alpha value is -1.62. The lowest BCUT2D eigenvalue weighted by Gasteiger charge is -2.14. The van der Waals surface area contributed by atoms with E-state index >= 15 is 0 Å². The van der Waals surface area contributed by atoms with Gasteiger partial charge in [0, 0.05) is 25.0 Å². The Labute approximate surface area is 102 Å². The molecule has 0 aliphatic heterocycles. The normalized spacial score (nSPS) is 10.5. The van der Waals surface area contributed by atoms with Gasteiger partial charge in [0.05, 0.1) is 12.2 Å². The molecule has 1 rings (SSSR count). The van der Waals surface area contributed by atoms with Crippen molar-refractivity contribution in [1.82, 2.24) is 9.88 Å². The van der Waals surface area contributed by atoms with Gasteiger partial charge < -0.3 is 11.1 Å². The van der Waals surface area contributed by atoms with Gasteiger partial charge in [-0.15, -0.1) is 0 Å². The average Bonchev–Trinajstić information content (AvgIpc) is 2.25. The Bertz CT molecular complexity index is 367. The van der Waals surface area contributed by atoms with Crippen LogP contribution < -0.4 is 11.1 Å². The SMILES string of the molecule is CCCNc1ccnc(CN(C)CC(N)=O)c1. The van der Waals surface area contributed by atoms with E-state index in [1.807, 2.05) is 24.1 Å². The zero-order valence-electron chi connectivity index (χ0n) is 10.4. The first kappa shape index (κ1) is 13.4. The summed E-state index contributed by atoms with van der Waals surface area (Å²) in [6, 6.07) is 3.93. The molecule has 3 N–H and O–H groups in total. The minimum Gasteiger partial charge on any atom is -0.385 e. The molecule has 0 atom stereocenters. The third-order valence-electron chi connectivity index (χ3n) is 2.25. The molecule has 0 spiro atoms. The molecule has 0 aliphatic carbocycles. The van der Waals surface area contributed by atoms with Crippen LogP contribution in [0.1, 0.15) is 19.0 Å². The Morgan fingerprint density at radius 1 is 1.59 bits per heavy atom. The van der Waals surface area contributed by atoms with Gasteiger partial charge in [-0.25, -0.2) is 0 Å². The first-order chi connectivity index (χ1) is 8.11. The molecule has 0 aromatic carbocycles. The number of nitrogens with one attached hydrogen (secondary N) is 1. The minimum atomic E-state index is -0.326. The van der Waals surface area contributed by atoms with Crippen molar-refractivity contribution in [1.29, 1.82) is 0 Å². The van der Waals surface area contributed by atoms with Crippen molar-refractivity contribution in [2.24, 2.45) is 5.73 Å². The van der Waals surface area contributed by atoms with Crippen molar-refractivity contribution < 1.29 is 4.79 Å². The van der Waals surface area contributed by atoms with E-state index in [1.165, 1.54) is 0 Å². The highest BCUT2D eigenvalue weighted by atomic mass is 16.1. The number of nitrogens with zero attached hydrogens (tertiary/aromatic N) is 2. The number of pyridine rings is 1. The van der Waals surface area contributed by atoms with Crippen LogP contribution in [0.5, 0.6) is 0 Å². The molecule has 0 aliphatic rings. The number of aromatic nitrogens is 1. The van der Waals surface area contributed by atoms with Gasteiger partial charge in [-0.1, -0.05) is 6.92 Å². The Morgan fingerprint density at radius 2 is 2.35 bits per heavy atom. The summed E-state index contributed by atoms with van der Waals surface area (Å²) >= 11 is 0. The van der Waals surface area contributed by atoms with Crippen LogP contribution in [0.4, 0.5) is 5.69 Å². The number of rotatable bonds is 7. The van der Waals surface area contributed by atoms with Gasteiger partial charge in [0.1, 0.15) is 0 Å². The molecule has 1 aromatic rings. The predicted molar refractivity (Wildman–Crippen MR) is 68.5 cm³/mol. The standard InChI is InChI=1S/C12H20N4O/c1-3-5-14-10-4-6-15-11(7-10)8-16(2)9-12(13)17/h4,6-7H,3,5,8-9H2,1-2H3,(H2,13,17)(H,14,15). The maximum Gasteiger partial charge on any atom is 0.231 e. The van der Waals surface area contributed by atoms with Crippen LogP contribution in [0.15, 0.2) is 18.3 Å². The number of hydrogen-bond donors (Lipinski definition) is 2. The molecule has 1 amide bonds. The molecule has 5 heteroatoms. The van der Waals surface area contributed by atoms with Gasteiger partial charge in [-0.05, 0) is 25.6 Å². The highest BCUT2D eigenvalue weighted by Gasteiger charge is 2.05. The molecule has 0 radical (unpaired) electrons. The Kier molecular flexibility index (Phi) is 5.42. The van der Waals surface area contributed by atoms with E-state index in [9.17, 15) is 4.79 Å². The topological polar surface area (TPSA) is 71.2 Å². The number of amides is 1. The van der Waals surface area contributed by atoms with Crippen LogP contribution in [-0.2, 0) is 11.3 Å². The fraction of sp³-hybridized carbons (Fsp3) is 0.500. The summed E-state index contributed by atoms with van der Waals surface area (Å²) in [6.45, 7) is 3.93. The predicted octanol–water partition coefficient (Wildman–Crippen LogP) is 0.821. The molecule has 5 nitrogen and oxygen atoms in total. The minimum absolute atomic E-state index is 0.244. The maximum atomic E-state index is 10.8. The lowest BCUT2D eigenvalue weighted by Crippen LogP contribution is -2.30. The van der Waals surface area contributed by atoms with Crippen molar-refractivity contribution in [3.8, 4) is 0 Å². The smallest absolute Gasteiger partial charge is 0.231 e. The zero-order chi connectivity index (χ0) is 12.7. The van der Waals surface area contributed by atoms with Gasteiger partial charge >= 0.3 is 0 Å². The van der Waals surface area contributed by atoms with Crippen LogP contribution >= 0.6 is 0 Å². The second-order valence-corrected chi connectivity index (χ2v) is 4.10. The number of hydrogen-bond acceptors (Lipinski definition) is 4. The van der Waals surface area contributed by atoms with Crippen molar-refractivity contribution in [2.45, 2.75) is 19.9 Å². The molecule has 1 heterocycles. The monoisotopic (exact) mass is 236 g/mol. The van der Waals surface area contributed by atoms with Crippen LogP contribution in [0, 0.1) is 0 Å². The third kappa shape index (κ3) is 5.31. The van der Waals surface area contributed by atoms with Gasteiger partial charge in [-0.3, -0.25) is 14.7 Å². The van der Waals surface area contributed by atoms with Crippen LogP contribution in [0.3, 0.4) is 0 Å². The highest BCUT2D eigenvalue weighted by molar-refractivity contribution is 5.75. The molecule has 94 valence electrons. The number of carbonyl (C=O) groups excluding carboxylic acids is 1. The second kappa shape index (κ2) is 6.85. The fourth-order valence-electron chi connectivity index (χ4n) is 1.54. The Balaban J connectivity index is 2.55. The van der Waals surface area contributed by atoms with E-state index in [2.05, 4.69) is 17.2 Å². The van der Waals surface area contributed by atoms with Gasteiger partial charge in [0.25, 0.3) is 0 Å². The molecule has 1 aromatic heterocycles. The molecular weight excluding hydrogens is 216 g/mol. The second-order valence-electron chi connectivity index (χ2n) is 4.10. The number of carbonyl (C=O) groups is 1. The van der Waals surface area contributed by atoms with E-state index in [0.717, 1.165) is 24.3 Å².